The maximum absolute atomic E-state index is 12.7. The number of aromatic amines is 1. The zero-order valence-electron chi connectivity index (χ0n) is 16.2. The van der Waals surface area contributed by atoms with Crippen LogP contribution in [-0.2, 0) is 25.9 Å². The minimum Gasteiger partial charge on any atom is -0.490 e. The summed E-state index contributed by atoms with van der Waals surface area (Å²) in [6.45, 7) is 5.70. The third kappa shape index (κ3) is 4.03. The van der Waals surface area contributed by atoms with Gasteiger partial charge >= 0.3 is 0 Å². The first-order valence-electron chi connectivity index (χ1n) is 9.81. The summed E-state index contributed by atoms with van der Waals surface area (Å²) in [5.74, 6) is 1.61. The van der Waals surface area contributed by atoms with Gasteiger partial charge in [-0.3, -0.25) is 4.79 Å². The molecule has 6 heteroatoms. The Bertz CT molecular complexity index is 1040. The molecule has 0 saturated carbocycles. The van der Waals surface area contributed by atoms with Crippen LogP contribution in [0.3, 0.4) is 0 Å². The average molecular weight is 397 g/mol. The van der Waals surface area contributed by atoms with Crippen molar-refractivity contribution in [2.75, 3.05) is 13.7 Å². The molecular formula is C22H26N3O2S+. The average Bonchev–Trinajstić information content (AvgIpc) is 3.06. The van der Waals surface area contributed by atoms with Crippen LogP contribution >= 0.6 is 11.3 Å². The minimum absolute atomic E-state index is 0.0240. The first kappa shape index (κ1) is 18.9. The van der Waals surface area contributed by atoms with E-state index in [9.17, 15) is 4.79 Å². The summed E-state index contributed by atoms with van der Waals surface area (Å²) in [5, 5.41) is 0.830. The summed E-state index contributed by atoms with van der Waals surface area (Å²) in [6, 6.07) is 8.12. The van der Waals surface area contributed by atoms with Gasteiger partial charge in [0.25, 0.3) is 5.56 Å². The lowest BCUT2D eigenvalue weighted by atomic mass is 9.97. The fourth-order valence-corrected chi connectivity index (χ4v) is 5.13. The lowest BCUT2D eigenvalue weighted by molar-refractivity contribution is -0.908. The summed E-state index contributed by atoms with van der Waals surface area (Å²) in [6.07, 6.45) is 6.22. The summed E-state index contributed by atoms with van der Waals surface area (Å²) in [5.41, 5.74) is 2.49. The number of ether oxygens (including phenoxy) is 1. The summed E-state index contributed by atoms with van der Waals surface area (Å²) in [4.78, 5) is 24.0. The summed E-state index contributed by atoms with van der Waals surface area (Å²) < 4.78 is 5.53. The highest BCUT2D eigenvalue weighted by atomic mass is 32.1. The second kappa shape index (κ2) is 8.29. The van der Waals surface area contributed by atoms with E-state index in [1.54, 1.807) is 17.4 Å². The maximum atomic E-state index is 12.7. The molecule has 146 valence electrons. The number of fused-ring (bicyclic) bond motifs is 3. The van der Waals surface area contributed by atoms with Gasteiger partial charge in [0.15, 0.2) is 5.82 Å². The predicted octanol–water partition coefficient (Wildman–Crippen LogP) is 2.64. The molecule has 2 heterocycles. The van der Waals surface area contributed by atoms with Crippen LogP contribution in [0.5, 0.6) is 5.75 Å². The van der Waals surface area contributed by atoms with E-state index in [4.69, 9.17) is 9.72 Å². The number of rotatable bonds is 7. The molecule has 3 aromatic rings. The largest absolute Gasteiger partial charge is 0.490 e. The maximum Gasteiger partial charge on any atom is 0.260 e. The smallest absolute Gasteiger partial charge is 0.260 e. The van der Waals surface area contributed by atoms with Crippen molar-refractivity contribution >= 4 is 21.6 Å². The van der Waals surface area contributed by atoms with Gasteiger partial charge in [0.2, 0.25) is 0 Å². The molecule has 0 radical (unpaired) electrons. The number of thiophene rings is 1. The molecule has 1 unspecified atom stereocenters. The number of nitrogens with zero attached hydrogens (tertiary/aromatic N) is 1. The molecule has 0 aliphatic heterocycles. The Morgan fingerprint density at radius 3 is 2.82 bits per heavy atom. The van der Waals surface area contributed by atoms with Crippen LogP contribution in [0.2, 0.25) is 0 Å². The summed E-state index contributed by atoms with van der Waals surface area (Å²) >= 11 is 1.71. The van der Waals surface area contributed by atoms with Crippen LogP contribution in [0.1, 0.15) is 34.7 Å². The molecule has 1 atom stereocenters. The van der Waals surface area contributed by atoms with Crippen LogP contribution in [-0.4, -0.2) is 23.6 Å². The lowest BCUT2D eigenvalue weighted by Crippen LogP contribution is -3.06. The standard InChI is InChI=1S/C22H25N3O2S/c1-3-12-27-16-10-8-15(9-11-16)13-25(2)14-19-23-21(26)20-17-6-4-5-7-18(17)28-22(20)24-19/h3,8-11H,1,4-7,12-14H2,2H3,(H,23,24,26)/p+1. The van der Waals surface area contributed by atoms with E-state index in [1.807, 2.05) is 12.1 Å². The van der Waals surface area contributed by atoms with Gasteiger partial charge in [-0.05, 0) is 55.5 Å². The molecule has 1 aliphatic rings. The van der Waals surface area contributed by atoms with Crippen molar-refractivity contribution in [3.05, 3.63) is 69.1 Å². The molecule has 0 spiro atoms. The number of hydrogen-bond donors (Lipinski definition) is 2. The molecule has 1 aliphatic carbocycles. The highest BCUT2D eigenvalue weighted by Gasteiger charge is 2.20. The van der Waals surface area contributed by atoms with Crippen molar-refractivity contribution in [2.24, 2.45) is 0 Å². The van der Waals surface area contributed by atoms with Gasteiger partial charge in [-0.15, -0.1) is 11.3 Å². The van der Waals surface area contributed by atoms with Crippen molar-refractivity contribution in [2.45, 2.75) is 38.8 Å². The van der Waals surface area contributed by atoms with E-state index in [1.165, 1.54) is 33.7 Å². The number of hydrogen-bond acceptors (Lipinski definition) is 4. The van der Waals surface area contributed by atoms with Gasteiger partial charge in [0.05, 0.1) is 12.4 Å². The van der Waals surface area contributed by atoms with Crippen molar-refractivity contribution in [3.63, 3.8) is 0 Å². The van der Waals surface area contributed by atoms with E-state index in [0.717, 1.165) is 41.2 Å². The number of H-pyrrole nitrogens is 1. The molecule has 2 aromatic heterocycles. The highest BCUT2D eigenvalue weighted by molar-refractivity contribution is 7.18. The van der Waals surface area contributed by atoms with Crippen molar-refractivity contribution in [1.82, 2.24) is 9.97 Å². The lowest BCUT2D eigenvalue weighted by Gasteiger charge is -2.14. The Labute approximate surface area is 168 Å². The van der Waals surface area contributed by atoms with Crippen LogP contribution in [0.4, 0.5) is 0 Å². The van der Waals surface area contributed by atoms with Crippen LogP contribution in [0.25, 0.3) is 10.2 Å². The Kier molecular flexibility index (Phi) is 5.59. The topological polar surface area (TPSA) is 59.4 Å². The fraction of sp³-hybridized carbons (Fsp3) is 0.364. The second-order valence-corrected chi connectivity index (χ2v) is 8.54. The SMILES string of the molecule is C=CCOc1ccc(C[NH+](C)Cc2nc3sc4c(c3c(=O)[nH]2)CCCC4)cc1. The van der Waals surface area contributed by atoms with Gasteiger partial charge in [-0.1, -0.05) is 12.7 Å². The van der Waals surface area contributed by atoms with Gasteiger partial charge < -0.3 is 14.6 Å². The molecular weight excluding hydrogens is 370 g/mol. The molecule has 0 saturated heterocycles. The molecule has 0 bridgehead atoms. The highest BCUT2D eigenvalue weighted by Crippen LogP contribution is 2.33. The Morgan fingerprint density at radius 1 is 1.25 bits per heavy atom. The number of aromatic nitrogens is 2. The van der Waals surface area contributed by atoms with Crippen LogP contribution in [0, 0.1) is 0 Å². The molecule has 28 heavy (non-hydrogen) atoms. The Balaban J connectivity index is 1.47. The normalized spacial score (nSPS) is 14.6. The van der Waals surface area contributed by atoms with Gasteiger partial charge in [-0.25, -0.2) is 4.98 Å². The Hall–Kier alpha value is -2.44. The van der Waals surface area contributed by atoms with E-state index in [0.29, 0.717) is 13.2 Å². The first-order valence-corrected chi connectivity index (χ1v) is 10.6. The molecule has 1 aromatic carbocycles. The number of quaternary nitrogens is 1. The zero-order valence-corrected chi connectivity index (χ0v) is 17.0. The third-order valence-corrected chi connectivity index (χ3v) is 6.33. The second-order valence-electron chi connectivity index (χ2n) is 7.46. The van der Waals surface area contributed by atoms with Gasteiger partial charge in [-0.2, -0.15) is 0 Å². The fourth-order valence-electron chi connectivity index (χ4n) is 3.85. The molecule has 0 fully saturated rings. The van der Waals surface area contributed by atoms with E-state index in [-0.39, 0.29) is 5.56 Å². The van der Waals surface area contributed by atoms with Crippen LogP contribution < -0.4 is 15.2 Å². The number of nitrogens with one attached hydrogen (secondary N) is 2. The molecule has 2 N–H and O–H groups in total. The molecule has 4 rings (SSSR count). The monoisotopic (exact) mass is 396 g/mol. The number of aryl methyl sites for hydroxylation is 2. The van der Waals surface area contributed by atoms with Crippen molar-refractivity contribution in [3.8, 4) is 5.75 Å². The molecule has 5 nitrogen and oxygen atoms in total. The van der Waals surface area contributed by atoms with Crippen LogP contribution in [0.15, 0.2) is 41.7 Å². The molecule has 0 amide bonds. The predicted molar refractivity (Wildman–Crippen MR) is 113 cm³/mol. The minimum atomic E-state index is 0.0240. The first-order chi connectivity index (χ1) is 13.6. The Morgan fingerprint density at radius 2 is 2.04 bits per heavy atom. The van der Waals surface area contributed by atoms with E-state index < -0.39 is 0 Å². The van der Waals surface area contributed by atoms with E-state index in [2.05, 4.69) is 30.7 Å². The van der Waals surface area contributed by atoms with Crippen molar-refractivity contribution < 1.29 is 9.64 Å². The number of benzene rings is 1. The third-order valence-electron chi connectivity index (χ3n) is 5.14. The quantitative estimate of drug-likeness (QED) is 0.604. The van der Waals surface area contributed by atoms with E-state index >= 15 is 0 Å². The zero-order chi connectivity index (χ0) is 19.5. The van der Waals surface area contributed by atoms with Gasteiger partial charge in [0, 0.05) is 10.4 Å². The van der Waals surface area contributed by atoms with Crippen molar-refractivity contribution in [1.29, 1.82) is 0 Å². The van der Waals surface area contributed by atoms with Gasteiger partial charge in [0.1, 0.15) is 30.3 Å². The summed E-state index contributed by atoms with van der Waals surface area (Å²) in [7, 11) is 2.12.